The zero-order chi connectivity index (χ0) is 10.3. The van der Waals surface area contributed by atoms with E-state index in [9.17, 15) is 18.0 Å². The molecular formula is C7H3F3N2O2. The smallest absolute Gasteiger partial charge is 0.337 e. The van der Waals surface area contributed by atoms with Crippen LogP contribution in [0.15, 0.2) is 21.6 Å². The minimum atomic E-state index is -4.68. The lowest BCUT2D eigenvalue weighted by Gasteiger charge is -1.99. The van der Waals surface area contributed by atoms with Crippen molar-refractivity contribution < 1.29 is 17.7 Å². The van der Waals surface area contributed by atoms with Crippen LogP contribution in [0.25, 0.3) is 11.1 Å². The summed E-state index contributed by atoms with van der Waals surface area (Å²) in [7, 11) is 0. The van der Waals surface area contributed by atoms with E-state index < -0.39 is 22.7 Å². The molecule has 0 aliphatic rings. The van der Waals surface area contributed by atoms with Gasteiger partial charge in [-0.2, -0.15) is 13.2 Å². The summed E-state index contributed by atoms with van der Waals surface area (Å²) in [5.74, 6) is 0. The molecule has 0 saturated carbocycles. The maximum absolute atomic E-state index is 12.3. The highest BCUT2D eigenvalue weighted by Crippen LogP contribution is 2.31. The Morgan fingerprint density at radius 2 is 2.14 bits per heavy atom. The first-order chi connectivity index (χ1) is 6.50. The number of H-pyrrole nitrogens is 1. The summed E-state index contributed by atoms with van der Waals surface area (Å²) >= 11 is 0. The zero-order valence-corrected chi connectivity index (χ0v) is 6.55. The van der Waals surface area contributed by atoms with Crippen molar-refractivity contribution in [2.45, 2.75) is 6.18 Å². The van der Waals surface area contributed by atoms with Crippen molar-refractivity contribution in [3.05, 3.63) is 28.2 Å². The standard InChI is InChI=1S/C7H3F3N2O2/c8-7(9,10)5-4-3(13)1-2-11-6(4)14-12-5/h1-2H,(H,11,13). The van der Waals surface area contributed by atoms with E-state index in [0.29, 0.717) is 0 Å². The third kappa shape index (κ3) is 1.17. The number of hydrogen-bond acceptors (Lipinski definition) is 3. The van der Waals surface area contributed by atoms with Crippen molar-refractivity contribution in [2.24, 2.45) is 0 Å². The second kappa shape index (κ2) is 2.60. The maximum Gasteiger partial charge on any atom is 0.437 e. The van der Waals surface area contributed by atoms with Crippen LogP contribution in [0.1, 0.15) is 5.69 Å². The molecule has 74 valence electrons. The second-order valence-corrected chi connectivity index (χ2v) is 2.57. The number of hydrogen-bond donors (Lipinski definition) is 1. The molecule has 0 fully saturated rings. The molecule has 1 N–H and O–H groups in total. The van der Waals surface area contributed by atoms with Crippen molar-refractivity contribution >= 4 is 11.1 Å². The Labute approximate surface area is 74.3 Å². The number of pyridine rings is 1. The summed E-state index contributed by atoms with van der Waals surface area (Å²) in [6.45, 7) is 0. The van der Waals surface area contributed by atoms with Gasteiger partial charge in [-0.1, -0.05) is 5.16 Å². The molecule has 0 radical (unpaired) electrons. The largest absolute Gasteiger partial charge is 0.437 e. The number of fused-ring (bicyclic) bond motifs is 1. The van der Waals surface area contributed by atoms with Crippen LogP contribution in [0.3, 0.4) is 0 Å². The lowest BCUT2D eigenvalue weighted by Crippen LogP contribution is -2.10. The highest BCUT2D eigenvalue weighted by Gasteiger charge is 2.38. The van der Waals surface area contributed by atoms with E-state index in [1.165, 1.54) is 6.20 Å². The van der Waals surface area contributed by atoms with Crippen LogP contribution in [0.2, 0.25) is 0 Å². The fraction of sp³-hybridized carbons (Fsp3) is 0.143. The van der Waals surface area contributed by atoms with E-state index in [0.717, 1.165) is 6.07 Å². The average molecular weight is 204 g/mol. The molecule has 0 spiro atoms. The number of aromatic nitrogens is 2. The predicted octanol–water partition coefficient (Wildman–Crippen LogP) is 1.53. The SMILES string of the molecule is O=c1cc[nH]c2onc(C(F)(F)F)c12. The Morgan fingerprint density at radius 3 is 2.79 bits per heavy atom. The predicted molar refractivity (Wildman–Crippen MR) is 39.6 cm³/mol. The fourth-order valence-corrected chi connectivity index (χ4v) is 1.09. The third-order valence-corrected chi connectivity index (χ3v) is 1.66. The van der Waals surface area contributed by atoms with Gasteiger partial charge in [0, 0.05) is 12.3 Å². The van der Waals surface area contributed by atoms with Crippen molar-refractivity contribution in [2.75, 3.05) is 0 Å². The molecule has 0 aromatic carbocycles. The molecule has 0 bridgehead atoms. The van der Waals surface area contributed by atoms with Crippen LogP contribution in [0.4, 0.5) is 13.2 Å². The van der Waals surface area contributed by atoms with E-state index in [4.69, 9.17) is 0 Å². The molecule has 7 heteroatoms. The minimum Gasteiger partial charge on any atom is -0.337 e. The van der Waals surface area contributed by atoms with Crippen molar-refractivity contribution in [1.82, 2.24) is 10.1 Å². The number of alkyl halides is 3. The number of rotatable bonds is 0. The van der Waals surface area contributed by atoms with E-state index in [1.54, 1.807) is 0 Å². The van der Waals surface area contributed by atoms with Gasteiger partial charge in [-0.15, -0.1) is 0 Å². The van der Waals surface area contributed by atoms with Gasteiger partial charge in [0.1, 0.15) is 5.39 Å². The quantitative estimate of drug-likeness (QED) is 0.707. The van der Waals surface area contributed by atoms with E-state index in [1.807, 2.05) is 0 Å². The molecule has 0 saturated heterocycles. The number of nitrogens with one attached hydrogen (secondary N) is 1. The molecule has 2 aromatic heterocycles. The molecule has 0 atom stereocenters. The van der Waals surface area contributed by atoms with Crippen LogP contribution in [-0.4, -0.2) is 10.1 Å². The first-order valence-corrected chi connectivity index (χ1v) is 3.54. The molecule has 2 heterocycles. The number of nitrogens with zero attached hydrogens (tertiary/aromatic N) is 1. The van der Waals surface area contributed by atoms with Gasteiger partial charge in [-0.3, -0.25) is 4.79 Å². The molecule has 0 unspecified atom stereocenters. The molecule has 2 rings (SSSR count). The van der Waals surface area contributed by atoms with Crippen LogP contribution in [-0.2, 0) is 6.18 Å². The Morgan fingerprint density at radius 1 is 1.43 bits per heavy atom. The summed E-state index contributed by atoms with van der Waals surface area (Å²) in [4.78, 5) is 13.4. The fourth-order valence-electron chi connectivity index (χ4n) is 1.09. The first-order valence-electron chi connectivity index (χ1n) is 3.54. The Hall–Kier alpha value is -1.79. The summed E-state index contributed by atoms with van der Waals surface area (Å²) in [6.07, 6.45) is -3.49. The van der Waals surface area contributed by atoms with Crippen LogP contribution in [0, 0.1) is 0 Å². The van der Waals surface area contributed by atoms with E-state index in [-0.39, 0.29) is 5.71 Å². The Kier molecular flexibility index (Phi) is 1.63. The summed E-state index contributed by atoms with van der Waals surface area (Å²) in [5.41, 5.74) is -2.34. The van der Waals surface area contributed by atoms with Crippen LogP contribution < -0.4 is 5.43 Å². The minimum absolute atomic E-state index is 0.273. The molecule has 0 aliphatic carbocycles. The topological polar surface area (TPSA) is 58.9 Å². The lowest BCUT2D eigenvalue weighted by molar-refractivity contribution is -0.141. The second-order valence-electron chi connectivity index (χ2n) is 2.57. The molecule has 4 nitrogen and oxygen atoms in total. The van der Waals surface area contributed by atoms with Crippen LogP contribution in [0.5, 0.6) is 0 Å². The Balaban J connectivity index is 2.87. The molecule has 0 aliphatic heterocycles. The number of halogens is 3. The van der Waals surface area contributed by atoms with Gasteiger partial charge in [-0.25, -0.2) is 0 Å². The normalized spacial score (nSPS) is 12.2. The molecule has 0 amide bonds. The first kappa shape index (κ1) is 8.79. The Bertz CT molecular complexity index is 525. The van der Waals surface area contributed by atoms with Crippen molar-refractivity contribution in [3.8, 4) is 0 Å². The highest BCUT2D eigenvalue weighted by atomic mass is 19.4. The van der Waals surface area contributed by atoms with Gasteiger partial charge >= 0.3 is 6.18 Å². The zero-order valence-electron chi connectivity index (χ0n) is 6.55. The van der Waals surface area contributed by atoms with E-state index >= 15 is 0 Å². The van der Waals surface area contributed by atoms with Gasteiger partial charge in [0.2, 0.25) is 11.4 Å². The van der Waals surface area contributed by atoms with Crippen LogP contribution >= 0.6 is 0 Å². The molecular weight excluding hydrogens is 201 g/mol. The van der Waals surface area contributed by atoms with E-state index in [2.05, 4.69) is 14.7 Å². The third-order valence-electron chi connectivity index (χ3n) is 1.66. The van der Waals surface area contributed by atoms with Gasteiger partial charge in [0.05, 0.1) is 0 Å². The van der Waals surface area contributed by atoms with Gasteiger partial charge < -0.3 is 9.51 Å². The maximum atomic E-state index is 12.3. The molecule has 2 aromatic rings. The average Bonchev–Trinajstić information content (AvgIpc) is 2.47. The van der Waals surface area contributed by atoms with Crippen molar-refractivity contribution in [3.63, 3.8) is 0 Å². The summed E-state index contributed by atoms with van der Waals surface area (Å²) in [5, 5.41) is 2.23. The lowest BCUT2D eigenvalue weighted by atomic mass is 10.2. The van der Waals surface area contributed by atoms with Crippen molar-refractivity contribution in [1.29, 1.82) is 0 Å². The van der Waals surface area contributed by atoms with Gasteiger partial charge in [0.15, 0.2) is 5.43 Å². The monoisotopic (exact) mass is 204 g/mol. The molecule has 14 heavy (non-hydrogen) atoms. The van der Waals surface area contributed by atoms with Gasteiger partial charge in [0.25, 0.3) is 0 Å². The van der Waals surface area contributed by atoms with Gasteiger partial charge in [-0.05, 0) is 0 Å². The number of aromatic amines is 1. The highest BCUT2D eigenvalue weighted by molar-refractivity contribution is 5.75. The summed E-state index contributed by atoms with van der Waals surface area (Å²) in [6, 6.07) is 0.981. The summed E-state index contributed by atoms with van der Waals surface area (Å²) < 4.78 is 41.1.